The van der Waals surface area contributed by atoms with Gasteiger partial charge in [-0.2, -0.15) is 0 Å². The Hall–Kier alpha value is -2.20. The van der Waals surface area contributed by atoms with E-state index in [-0.39, 0.29) is 17.9 Å². The third-order valence-electron chi connectivity index (χ3n) is 5.13. The number of hydrogen-bond donors (Lipinski definition) is 1. The fraction of sp³-hybridized carbons (Fsp3) is 0.400. The highest BCUT2D eigenvalue weighted by atomic mass is 16.5. The van der Waals surface area contributed by atoms with Crippen molar-refractivity contribution >= 4 is 16.8 Å². The lowest BCUT2D eigenvalue weighted by Crippen LogP contribution is -2.43. The summed E-state index contributed by atoms with van der Waals surface area (Å²) in [6.07, 6.45) is 8.67. The van der Waals surface area contributed by atoms with Crippen molar-refractivity contribution in [1.29, 1.82) is 0 Å². The van der Waals surface area contributed by atoms with Crippen LogP contribution < -0.4 is 5.32 Å². The Morgan fingerprint density at radius 2 is 2.00 bits per heavy atom. The van der Waals surface area contributed by atoms with Crippen LogP contribution in [0.25, 0.3) is 10.9 Å². The fourth-order valence-electron chi connectivity index (χ4n) is 3.71. The highest BCUT2D eigenvalue weighted by Gasteiger charge is 2.32. The average Bonchev–Trinajstić information content (AvgIpc) is 3.28. The van der Waals surface area contributed by atoms with E-state index in [9.17, 15) is 4.79 Å². The zero-order valence-electron chi connectivity index (χ0n) is 13.7. The number of nitrogens with zero attached hydrogens (tertiary/aromatic N) is 1. The van der Waals surface area contributed by atoms with E-state index in [1.54, 1.807) is 0 Å². The number of aromatic nitrogens is 1. The first-order valence-corrected chi connectivity index (χ1v) is 8.67. The van der Waals surface area contributed by atoms with Gasteiger partial charge in [-0.15, -0.1) is 0 Å². The molecule has 2 heterocycles. The van der Waals surface area contributed by atoms with Gasteiger partial charge in [0.15, 0.2) is 0 Å². The van der Waals surface area contributed by atoms with Gasteiger partial charge in [0.1, 0.15) is 0 Å². The second-order valence-electron chi connectivity index (χ2n) is 6.74. The number of allylic oxidation sites excluding steroid dienone is 2. The van der Waals surface area contributed by atoms with Gasteiger partial charge in [0.05, 0.1) is 24.8 Å². The van der Waals surface area contributed by atoms with Crippen molar-refractivity contribution in [2.24, 2.45) is 11.8 Å². The summed E-state index contributed by atoms with van der Waals surface area (Å²) in [5, 5.41) is 4.41. The van der Waals surface area contributed by atoms with Crippen molar-refractivity contribution in [3.05, 3.63) is 54.2 Å². The number of carbonyl (C=O) groups is 1. The molecule has 4 heteroatoms. The summed E-state index contributed by atoms with van der Waals surface area (Å²) in [5.41, 5.74) is 2.30. The Kier molecular flexibility index (Phi) is 4.30. The molecule has 0 unspecified atom stereocenters. The van der Waals surface area contributed by atoms with Crippen LogP contribution in [0.5, 0.6) is 0 Å². The van der Waals surface area contributed by atoms with Crippen LogP contribution in [-0.2, 0) is 16.0 Å². The van der Waals surface area contributed by atoms with E-state index in [0.29, 0.717) is 19.1 Å². The molecule has 0 bridgehead atoms. The Labute approximate surface area is 141 Å². The van der Waals surface area contributed by atoms with E-state index < -0.39 is 0 Å². The molecule has 2 aliphatic rings. The number of rotatable bonds is 4. The number of carbonyl (C=O) groups excluding carboxylic acids is 1. The normalized spacial score (nSPS) is 23.8. The Morgan fingerprint density at radius 1 is 1.17 bits per heavy atom. The number of fused-ring (bicyclic) bond motifs is 1. The highest BCUT2D eigenvalue weighted by Crippen LogP contribution is 2.25. The van der Waals surface area contributed by atoms with Gasteiger partial charge in [-0.05, 0) is 37.0 Å². The maximum atomic E-state index is 12.4. The van der Waals surface area contributed by atoms with Crippen LogP contribution in [0, 0.1) is 11.8 Å². The molecule has 2 aromatic rings. The minimum atomic E-state index is 0.102. The lowest BCUT2D eigenvalue weighted by molar-refractivity contribution is -0.125. The molecular weight excluding hydrogens is 300 g/mol. The Balaban J connectivity index is 1.47. The minimum absolute atomic E-state index is 0.102. The van der Waals surface area contributed by atoms with E-state index in [1.807, 2.05) is 24.4 Å². The molecule has 1 aromatic carbocycles. The van der Waals surface area contributed by atoms with Crippen molar-refractivity contribution in [3.8, 4) is 0 Å². The molecule has 0 spiro atoms. The van der Waals surface area contributed by atoms with Crippen molar-refractivity contribution in [2.75, 3.05) is 13.2 Å². The molecule has 1 aliphatic heterocycles. The zero-order chi connectivity index (χ0) is 16.4. The van der Waals surface area contributed by atoms with Crippen LogP contribution in [-0.4, -0.2) is 30.1 Å². The maximum Gasteiger partial charge on any atom is 0.224 e. The smallest absolute Gasteiger partial charge is 0.224 e. The summed E-state index contributed by atoms with van der Waals surface area (Å²) in [6, 6.07) is 10.4. The van der Waals surface area contributed by atoms with Crippen LogP contribution in [0.15, 0.2) is 48.7 Å². The summed E-state index contributed by atoms with van der Waals surface area (Å²) in [6.45, 7) is 1.31. The van der Waals surface area contributed by atoms with Crippen LogP contribution in [0.4, 0.5) is 0 Å². The molecule has 0 saturated carbocycles. The monoisotopic (exact) mass is 322 g/mol. The number of benzene rings is 1. The minimum Gasteiger partial charge on any atom is -0.379 e. The molecule has 1 fully saturated rings. The molecule has 24 heavy (non-hydrogen) atoms. The predicted molar refractivity (Wildman–Crippen MR) is 93.6 cm³/mol. The van der Waals surface area contributed by atoms with Gasteiger partial charge in [0, 0.05) is 23.4 Å². The van der Waals surface area contributed by atoms with E-state index in [0.717, 1.165) is 24.8 Å². The molecule has 1 amide bonds. The summed E-state index contributed by atoms with van der Waals surface area (Å²) in [4.78, 5) is 16.8. The van der Waals surface area contributed by atoms with Crippen LogP contribution in [0.3, 0.4) is 0 Å². The molecule has 1 aliphatic carbocycles. The van der Waals surface area contributed by atoms with Gasteiger partial charge < -0.3 is 10.1 Å². The van der Waals surface area contributed by atoms with Gasteiger partial charge >= 0.3 is 0 Å². The molecule has 124 valence electrons. The fourth-order valence-corrected chi connectivity index (χ4v) is 3.71. The molecule has 2 atom stereocenters. The Morgan fingerprint density at radius 3 is 2.88 bits per heavy atom. The van der Waals surface area contributed by atoms with Crippen LogP contribution in [0.1, 0.15) is 18.4 Å². The SMILES string of the molecule is O=C(N[C@H]1COC[C@H]1Cc1ccnc2ccccc12)C1CC=CC1. The molecule has 0 radical (unpaired) electrons. The molecule has 1 saturated heterocycles. The predicted octanol–water partition coefficient (Wildman–Crippen LogP) is 2.87. The van der Waals surface area contributed by atoms with Crippen molar-refractivity contribution in [3.63, 3.8) is 0 Å². The third-order valence-corrected chi connectivity index (χ3v) is 5.13. The number of para-hydroxylation sites is 1. The van der Waals surface area contributed by atoms with Crippen LogP contribution in [0.2, 0.25) is 0 Å². The van der Waals surface area contributed by atoms with E-state index in [2.05, 4.69) is 34.6 Å². The summed E-state index contributed by atoms with van der Waals surface area (Å²) in [7, 11) is 0. The summed E-state index contributed by atoms with van der Waals surface area (Å²) >= 11 is 0. The quantitative estimate of drug-likeness (QED) is 0.881. The number of pyridine rings is 1. The molecule has 1 N–H and O–H groups in total. The first-order chi connectivity index (χ1) is 11.8. The number of amides is 1. The standard InChI is InChI=1S/C20H22N2O2/c23-20(14-5-1-2-6-14)22-19-13-24-12-16(19)11-15-9-10-21-18-8-4-3-7-17(15)18/h1-4,7-10,14,16,19H,5-6,11-13H2,(H,22,23)/t16-,19+/m1/s1. The average molecular weight is 322 g/mol. The van der Waals surface area contributed by atoms with Gasteiger partial charge in [-0.3, -0.25) is 9.78 Å². The lowest BCUT2D eigenvalue weighted by Gasteiger charge is -2.21. The number of hydrogen-bond acceptors (Lipinski definition) is 3. The second-order valence-corrected chi connectivity index (χ2v) is 6.74. The highest BCUT2D eigenvalue weighted by molar-refractivity contribution is 5.82. The van der Waals surface area contributed by atoms with Gasteiger partial charge in [-0.25, -0.2) is 0 Å². The van der Waals surface area contributed by atoms with Gasteiger partial charge in [0.2, 0.25) is 5.91 Å². The number of nitrogens with one attached hydrogen (secondary N) is 1. The first-order valence-electron chi connectivity index (χ1n) is 8.67. The summed E-state index contributed by atoms with van der Waals surface area (Å²) in [5.74, 6) is 0.585. The van der Waals surface area contributed by atoms with E-state index >= 15 is 0 Å². The van der Waals surface area contributed by atoms with E-state index in [1.165, 1.54) is 10.9 Å². The third kappa shape index (κ3) is 3.06. The van der Waals surface area contributed by atoms with Gasteiger partial charge in [-0.1, -0.05) is 30.4 Å². The van der Waals surface area contributed by atoms with Crippen molar-refractivity contribution in [2.45, 2.75) is 25.3 Å². The Bertz CT molecular complexity index is 758. The molecular formula is C20H22N2O2. The topological polar surface area (TPSA) is 51.2 Å². The summed E-state index contributed by atoms with van der Waals surface area (Å²) < 4.78 is 5.67. The second kappa shape index (κ2) is 6.73. The van der Waals surface area contributed by atoms with E-state index in [4.69, 9.17) is 4.74 Å². The zero-order valence-corrected chi connectivity index (χ0v) is 13.7. The van der Waals surface area contributed by atoms with Crippen LogP contribution >= 0.6 is 0 Å². The molecule has 4 nitrogen and oxygen atoms in total. The van der Waals surface area contributed by atoms with Crippen molar-refractivity contribution in [1.82, 2.24) is 10.3 Å². The molecule has 4 rings (SSSR count). The van der Waals surface area contributed by atoms with Gasteiger partial charge in [0.25, 0.3) is 0 Å². The lowest BCUT2D eigenvalue weighted by atomic mass is 9.92. The number of ether oxygens (including phenoxy) is 1. The van der Waals surface area contributed by atoms with Crippen molar-refractivity contribution < 1.29 is 9.53 Å². The first kappa shape index (κ1) is 15.3. The molecule has 1 aromatic heterocycles. The largest absolute Gasteiger partial charge is 0.379 e. The maximum absolute atomic E-state index is 12.4.